The van der Waals surface area contributed by atoms with Crippen LogP contribution in [0.15, 0.2) is 269 Å². The lowest BCUT2D eigenvalue weighted by Gasteiger charge is -2.10. The number of hydrogen-bond donors (Lipinski definition) is 3. The summed E-state index contributed by atoms with van der Waals surface area (Å²) in [5, 5.41) is 12.1. The third kappa shape index (κ3) is 21.6. The molecular formula is C95H94N18O11. The Bertz CT molecular complexity index is 6380. The number of aliphatic hydroxyl groups excluding tert-OH is 1. The van der Waals surface area contributed by atoms with Gasteiger partial charge in [-0.15, -0.1) is 0 Å². The maximum Gasteiger partial charge on any atom is 0.310 e. The van der Waals surface area contributed by atoms with Crippen LogP contribution in [0.5, 0.6) is 0 Å². The van der Waals surface area contributed by atoms with Gasteiger partial charge in [0, 0.05) is 146 Å². The van der Waals surface area contributed by atoms with E-state index in [1.807, 2.05) is 214 Å². The molecule has 0 bridgehead atoms. The fourth-order valence-corrected chi connectivity index (χ4v) is 14.1. The van der Waals surface area contributed by atoms with Crippen molar-refractivity contribution in [3.8, 4) is 22.7 Å². The van der Waals surface area contributed by atoms with Crippen LogP contribution in [0.2, 0.25) is 0 Å². The Morgan fingerprint density at radius 3 is 0.992 bits per heavy atom. The van der Waals surface area contributed by atoms with E-state index in [1.54, 1.807) is 61.7 Å². The average Bonchev–Trinajstić information content (AvgIpc) is 1.61. The summed E-state index contributed by atoms with van der Waals surface area (Å²) in [4.78, 5) is 91.5. The van der Waals surface area contributed by atoms with Crippen LogP contribution in [0.3, 0.4) is 0 Å². The number of carbonyl (C=O) groups is 5. The lowest BCUT2D eigenvalue weighted by molar-refractivity contribution is -0.156. The summed E-state index contributed by atoms with van der Waals surface area (Å²) < 4.78 is 43.3. The molecule has 0 saturated carbocycles. The zero-order valence-corrected chi connectivity index (χ0v) is 69.7. The predicted octanol–water partition coefficient (Wildman–Crippen LogP) is 13.8. The average molecular weight is 1660 g/mol. The Balaban J connectivity index is 0.000000132. The first kappa shape index (κ1) is 85.8. The molecule has 0 spiro atoms. The second kappa shape index (κ2) is 40.6. The maximum atomic E-state index is 12.8. The number of aromatic nitrogens is 16. The zero-order chi connectivity index (χ0) is 86.6. The number of Topliss-reactive ketones (excluding diaryl/α,β-unsaturated/α-hetero) is 2. The van der Waals surface area contributed by atoms with Crippen LogP contribution in [0.4, 0.5) is 0 Å². The highest BCUT2D eigenvalue weighted by atomic mass is 16.6. The van der Waals surface area contributed by atoms with Crippen molar-refractivity contribution >= 4 is 73.5 Å². The van der Waals surface area contributed by atoms with E-state index < -0.39 is 17.9 Å². The fraction of sp³-hybridized carbons (Fsp3) is 0.211. The number of nitrogens with one attached hydrogen (secondary N) is 1. The van der Waals surface area contributed by atoms with Crippen LogP contribution < -0.4 is 11.1 Å². The van der Waals surface area contributed by atoms with E-state index in [9.17, 15) is 29.1 Å². The van der Waals surface area contributed by atoms with Crippen LogP contribution in [0.1, 0.15) is 109 Å². The zero-order valence-electron chi connectivity index (χ0n) is 69.7. The van der Waals surface area contributed by atoms with Gasteiger partial charge in [0.05, 0.1) is 83.1 Å². The normalized spacial score (nSPS) is 11.7. The molecule has 4 N–H and O–H groups in total. The quantitative estimate of drug-likeness (QED) is 0.0335. The van der Waals surface area contributed by atoms with E-state index in [1.165, 1.54) is 20.8 Å². The highest BCUT2D eigenvalue weighted by Crippen LogP contribution is 2.32. The molecule has 0 radical (unpaired) electrons. The van der Waals surface area contributed by atoms with Crippen molar-refractivity contribution < 1.29 is 52.8 Å². The van der Waals surface area contributed by atoms with E-state index in [0.29, 0.717) is 83.5 Å². The van der Waals surface area contributed by atoms with Crippen molar-refractivity contribution in [2.45, 2.75) is 99.7 Å². The molecule has 124 heavy (non-hydrogen) atoms. The van der Waals surface area contributed by atoms with Gasteiger partial charge in [-0.2, -0.15) is 0 Å². The number of nitrogens with two attached hydrogens (primary N) is 1. The lowest BCUT2D eigenvalue weighted by atomic mass is 9.94. The Morgan fingerprint density at radius 2 is 0.685 bits per heavy atom. The summed E-state index contributed by atoms with van der Waals surface area (Å²) in [5.41, 5.74) is 26.7. The van der Waals surface area contributed by atoms with Gasteiger partial charge in [-0.05, 0) is 148 Å². The van der Waals surface area contributed by atoms with Crippen LogP contribution in [0, 0.1) is 5.92 Å². The van der Waals surface area contributed by atoms with Crippen LogP contribution >= 0.6 is 0 Å². The Kier molecular flexibility index (Phi) is 28.1. The summed E-state index contributed by atoms with van der Waals surface area (Å²) in [6, 6.07) is 63.9. The highest BCUT2D eigenvalue weighted by Gasteiger charge is 2.38. The summed E-state index contributed by atoms with van der Waals surface area (Å²) >= 11 is 0. The number of amides is 1. The number of carbonyl (C=O) groups excluding carboxylic acids is 5. The molecule has 0 fully saturated rings. The number of aryl methyl sites for hydroxylation is 4. The molecule has 630 valence electrons. The summed E-state index contributed by atoms with van der Waals surface area (Å²) in [6.07, 6.45) is 22.3. The van der Waals surface area contributed by atoms with Gasteiger partial charge in [-0.1, -0.05) is 97.1 Å². The minimum Gasteiger partial charge on any atom is -0.394 e. The van der Waals surface area contributed by atoms with E-state index >= 15 is 0 Å². The first-order valence-corrected chi connectivity index (χ1v) is 40.1. The number of fused-ring (bicyclic) bond motifs is 5. The Labute approximate surface area is 714 Å². The molecule has 0 unspecified atom stereocenters. The van der Waals surface area contributed by atoms with Crippen LogP contribution in [-0.2, 0) is 145 Å². The number of imidazole rings is 8. The molecule has 0 saturated heterocycles. The number of nitrogens with zero attached hydrogens (tertiary/aromatic N) is 16. The first-order valence-electron chi connectivity index (χ1n) is 40.1. The number of benzene rings is 9. The van der Waals surface area contributed by atoms with Gasteiger partial charge in [0.2, 0.25) is 5.91 Å². The minimum atomic E-state index is -0.663. The third-order valence-electron chi connectivity index (χ3n) is 20.7. The second-order valence-corrected chi connectivity index (χ2v) is 29.6. The molecule has 8 heterocycles. The van der Waals surface area contributed by atoms with Crippen molar-refractivity contribution in [1.82, 2.24) is 81.7 Å². The summed E-state index contributed by atoms with van der Waals surface area (Å²) in [6.45, 7) is 8.83. The molecule has 17 aromatic rings. The van der Waals surface area contributed by atoms with E-state index in [0.717, 1.165) is 135 Å². The standard InChI is InChI=1S/C29H24N4O3.C22H23N5O2.C20H21N5O.C20H20N4O2.C4H6O3/c1-32-12-11-30-27(32)17-36-16-20-5-4-6-21(13-20)33-18-31-25-15-19(9-10-26(25)33)14-24-28(34)22-7-2-3-8-23(22)29(24)35;1-16(28)24-12-17-6-7-21-20(11-17)25-15-27(21)19-5-3-4-18(10-19)13-29-14-22-23-8-9-26(22)2;1-24-8-7-22-20(24)13-26-12-16-3-2-4-17(9-16)25-14-23-18-10-15(11-21)5-6-19(18)25;1-23-8-7-21-20(23)13-26-12-16-3-2-4-17(9-16)24-14-22-18-10-15(11-25)5-6-19(18)24;1-3(5)7-4(2)6/h2-13,15,18,24H,14,16-17H2,1H3;3-11,15H,12-14H2,1-2H3,(H,24,28);2-10,14H,11-13,21H2,1H3;2-10,14,25H,11-13H2,1H3;1-2H3. The third-order valence-corrected chi connectivity index (χ3v) is 20.7. The number of hydrogen-bond acceptors (Lipinski definition) is 20. The number of ether oxygens (including phenoxy) is 5. The van der Waals surface area contributed by atoms with Crippen molar-refractivity contribution in [1.29, 1.82) is 0 Å². The molecule has 8 aromatic heterocycles. The van der Waals surface area contributed by atoms with E-state index in [2.05, 4.69) is 108 Å². The topological polar surface area (TPSA) is 332 Å². The second-order valence-electron chi connectivity index (χ2n) is 29.6. The molecule has 29 heteroatoms. The molecule has 0 atom stereocenters. The maximum absolute atomic E-state index is 12.8. The smallest absolute Gasteiger partial charge is 0.310 e. The van der Waals surface area contributed by atoms with Gasteiger partial charge in [-0.3, -0.25) is 42.2 Å². The molecule has 9 aromatic carbocycles. The summed E-state index contributed by atoms with van der Waals surface area (Å²) in [5.74, 6) is 1.58. The number of rotatable bonds is 26. The molecule has 18 rings (SSSR count). The van der Waals surface area contributed by atoms with E-state index in [4.69, 9.17) is 24.7 Å². The van der Waals surface area contributed by atoms with Gasteiger partial charge >= 0.3 is 11.9 Å². The van der Waals surface area contributed by atoms with Crippen molar-refractivity contribution in [3.63, 3.8) is 0 Å². The van der Waals surface area contributed by atoms with Gasteiger partial charge in [-0.25, -0.2) is 39.9 Å². The molecular weight excluding hydrogens is 1570 g/mol. The van der Waals surface area contributed by atoms with Gasteiger partial charge in [0.15, 0.2) is 11.6 Å². The SMILES string of the molecule is CC(=O)NCc1ccc2c(c1)ncn2-c1cccc(COCc2nccn2C)c1.CC(=O)OC(C)=O.Cn1ccnc1COCc1cccc(-n2cnc3cc(CC4C(=O)c5ccccc5C4=O)ccc32)c1.Cn1ccnc1COCc1cccc(-n2cnc3cc(CN)ccc32)c1.Cn1ccnc1COCc1cccc(-n2cnc3cc(CO)ccc32)c1. The molecule has 1 aliphatic carbocycles. The molecule has 1 aliphatic rings. The first-order chi connectivity index (χ1) is 60.3. The number of ketones is 2. The van der Waals surface area contributed by atoms with Crippen molar-refractivity contribution in [2.24, 2.45) is 39.8 Å². The highest BCUT2D eigenvalue weighted by molar-refractivity contribution is 6.26. The fourth-order valence-electron chi connectivity index (χ4n) is 14.1. The molecule has 29 nitrogen and oxygen atoms in total. The van der Waals surface area contributed by atoms with Gasteiger partial charge in [0.1, 0.15) is 75.0 Å². The molecule has 0 aliphatic heterocycles. The van der Waals surface area contributed by atoms with Crippen molar-refractivity contribution in [3.05, 3.63) is 348 Å². The minimum absolute atomic E-state index is 0.0195. The molecule has 1 amide bonds. The Hall–Kier alpha value is -14.6. The number of esters is 2. The van der Waals surface area contributed by atoms with Crippen LogP contribution in [0.25, 0.3) is 66.9 Å². The Morgan fingerprint density at radius 1 is 0.371 bits per heavy atom. The van der Waals surface area contributed by atoms with Gasteiger partial charge < -0.3 is 58.1 Å². The van der Waals surface area contributed by atoms with E-state index in [-0.39, 0.29) is 24.1 Å². The van der Waals surface area contributed by atoms with Crippen LogP contribution in [-0.4, -0.2) is 111 Å². The summed E-state index contributed by atoms with van der Waals surface area (Å²) in [7, 11) is 7.83. The lowest BCUT2D eigenvalue weighted by Crippen LogP contribution is -2.18. The van der Waals surface area contributed by atoms with Gasteiger partial charge in [0.25, 0.3) is 0 Å². The largest absolute Gasteiger partial charge is 0.394 e. The monoisotopic (exact) mass is 1660 g/mol. The predicted molar refractivity (Wildman–Crippen MR) is 467 cm³/mol. The number of aliphatic hydroxyl groups is 1. The van der Waals surface area contributed by atoms with Crippen molar-refractivity contribution in [2.75, 3.05) is 0 Å².